The molecule has 1 aromatic rings. The van der Waals surface area contributed by atoms with E-state index in [1.165, 1.54) is 0 Å². The minimum absolute atomic E-state index is 0.0136. The molecule has 0 saturated heterocycles. The van der Waals surface area contributed by atoms with Crippen molar-refractivity contribution in [3.05, 3.63) is 35.9 Å². The summed E-state index contributed by atoms with van der Waals surface area (Å²) in [4.78, 5) is 44.7. The van der Waals surface area contributed by atoms with Crippen molar-refractivity contribution in [3.63, 3.8) is 0 Å². The maximum absolute atomic E-state index is 12.0. The van der Waals surface area contributed by atoms with Crippen LogP contribution in [0.25, 0.3) is 0 Å². The highest BCUT2D eigenvalue weighted by Crippen LogP contribution is 2.00. The van der Waals surface area contributed by atoms with Crippen LogP contribution in [0.1, 0.15) is 18.4 Å². The highest BCUT2D eigenvalue weighted by molar-refractivity contribution is 5.77. The van der Waals surface area contributed by atoms with Gasteiger partial charge in [0.25, 0.3) is 0 Å². The fourth-order valence-electron chi connectivity index (χ4n) is 2.39. The van der Waals surface area contributed by atoms with Crippen molar-refractivity contribution in [1.82, 2.24) is 5.32 Å². The molecule has 0 aliphatic carbocycles. The van der Waals surface area contributed by atoms with E-state index < -0.39 is 29.9 Å². The molecule has 0 atom stereocenters. The monoisotopic (exact) mass is 485 g/mol. The summed E-state index contributed by atoms with van der Waals surface area (Å²) in [5.74, 6) is -3.03. The van der Waals surface area contributed by atoms with E-state index in [1.807, 2.05) is 30.3 Å². The van der Waals surface area contributed by atoms with Crippen LogP contribution in [0.2, 0.25) is 0 Å². The molecule has 0 saturated carbocycles. The third-order valence-electron chi connectivity index (χ3n) is 3.99. The Kier molecular flexibility index (Phi) is 15.7. The van der Waals surface area contributed by atoms with Crippen LogP contribution in [0.3, 0.4) is 0 Å². The predicted molar refractivity (Wildman–Crippen MR) is 116 cm³/mol. The maximum Gasteiger partial charge on any atom is 0.332 e. The summed E-state index contributed by atoms with van der Waals surface area (Å²) >= 11 is 0. The zero-order valence-electron chi connectivity index (χ0n) is 18.8. The van der Waals surface area contributed by atoms with Crippen molar-refractivity contribution in [2.75, 3.05) is 52.9 Å². The van der Waals surface area contributed by atoms with E-state index in [0.29, 0.717) is 0 Å². The molecule has 12 heteroatoms. The number of esters is 1. The highest BCUT2D eigenvalue weighted by Gasteiger charge is 2.14. The summed E-state index contributed by atoms with van der Waals surface area (Å²) < 4.78 is 25.8. The largest absolute Gasteiger partial charge is 0.481 e. The van der Waals surface area contributed by atoms with Crippen LogP contribution in [-0.4, -0.2) is 92.9 Å². The topological polar surface area (TPSA) is 167 Å². The number of carbonyl (C=O) groups excluding carboxylic acids is 2. The lowest BCUT2D eigenvalue weighted by Gasteiger charge is -2.19. The van der Waals surface area contributed by atoms with Crippen molar-refractivity contribution in [3.8, 4) is 0 Å². The highest BCUT2D eigenvalue weighted by atomic mass is 16.6. The number of ether oxygens (including phenoxy) is 5. The number of amides is 1. The van der Waals surface area contributed by atoms with Gasteiger partial charge in [0, 0.05) is 0 Å². The van der Waals surface area contributed by atoms with E-state index in [1.54, 1.807) is 0 Å². The van der Waals surface area contributed by atoms with E-state index in [0.717, 1.165) is 5.56 Å². The molecular formula is C22H31NO11. The van der Waals surface area contributed by atoms with Crippen LogP contribution in [0, 0.1) is 0 Å². The van der Waals surface area contributed by atoms with E-state index in [4.69, 9.17) is 33.9 Å². The van der Waals surface area contributed by atoms with Gasteiger partial charge in [-0.15, -0.1) is 0 Å². The molecule has 0 aliphatic heterocycles. The molecule has 34 heavy (non-hydrogen) atoms. The molecule has 0 bridgehead atoms. The Morgan fingerprint density at radius 1 is 0.765 bits per heavy atom. The lowest BCUT2D eigenvalue weighted by Crippen LogP contribution is -2.43. The Labute approximate surface area is 197 Å². The van der Waals surface area contributed by atoms with Gasteiger partial charge in [-0.2, -0.15) is 0 Å². The fraction of sp³-hybridized carbons (Fsp3) is 0.545. The van der Waals surface area contributed by atoms with Crippen molar-refractivity contribution in [2.24, 2.45) is 0 Å². The summed E-state index contributed by atoms with van der Waals surface area (Å²) in [6.07, 6.45) is -0.382. The predicted octanol–water partition coefficient (Wildman–Crippen LogP) is 0.230. The first-order chi connectivity index (χ1) is 16.4. The van der Waals surface area contributed by atoms with Gasteiger partial charge in [-0.1, -0.05) is 30.3 Å². The number of rotatable bonds is 20. The van der Waals surface area contributed by atoms with Crippen molar-refractivity contribution in [1.29, 1.82) is 0 Å². The van der Waals surface area contributed by atoms with Gasteiger partial charge in [0.15, 0.2) is 0 Å². The van der Waals surface area contributed by atoms with E-state index in [2.05, 4.69) is 5.32 Å². The van der Waals surface area contributed by atoms with Crippen molar-refractivity contribution < 1.29 is 53.1 Å². The molecule has 0 fully saturated rings. The molecule has 0 radical (unpaired) electrons. The number of carboxylic acids is 2. The van der Waals surface area contributed by atoms with Gasteiger partial charge in [0.2, 0.25) is 5.91 Å². The normalized spacial score (nSPS) is 10.7. The summed E-state index contributed by atoms with van der Waals surface area (Å²) in [5.41, 5.74) is 0.864. The quantitative estimate of drug-likeness (QED) is 0.171. The number of benzene rings is 1. The molecule has 1 rings (SSSR count). The van der Waals surface area contributed by atoms with Crippen LogP contribution in [0.5, 0.6) is 0 Å². The number of nitrogens with one attached hydrogen (secondary N) is 1. The Balaban J connectivity index is 2.17. The van der Waals surface area contributed by atoms with Gasteiger partial charge in [-0.05, 0) is 5.56 Å². The number of hydrogen-bond donors (Lipinski definition) is 3. The Hall–Kier alpha value is -3.06. The van der Waals surface area contributed by atoms with Crippen LogP contribution in [0.4, 0.5) is 0 Å². The van der Waals surface area contributed by atoms with Crippen molar-refractivity contribution >= 4 is 23.8 Å². The molecular weight excluding hydrogens is 454 g/mol. The van der Waals surface area contributed by atoms with Crippen LogP contribution in [-0.2, 0) is 49.5 Å². The molecule has 0 aromatic heterocycles. The molecule has 0 aliphatic rings. The first-order valence-electron chi connectivity index (χ1n) is 10.6. The molecule has 0 heterocycles. The first-order valence-corrected chi connectivity index (χ1v) is 10.6. The molecule has 1 aromatic carbocycles. The Morgan fingerprint density at radius 3 is 1.88 bits per heavy atom. The molecule has 0 spiro atoms. The second-order valence-corrected chi connectivity index (χ2v) is 6.95. The van der Waals surface area contributed by atoms with Gasteiger partial charge in [-0.25, -0.2) is 4.79 Å². The van der Waals surface area contributed by atoms with Crippen molar-refractivity contribution in [2.45, 2.75) is 25.5 Å². The first kappa shape index (κ1) is 29.0. The van der Waals surface area contributed by atoms with Crippen LogP contribution in [0.15, 0.2) is 30.3 Å². The van der Waals surface area contributed by atoms with E-state index >= 15 is 0 Å². The lowest BCUT2D eigenvalue weighted by atomic mass is 10.2. The Bertz CT molecular complexity index is 720. The molecule has 190 valence electrons. The van der Waals surface area contributed by atoms with Gasteiger partial charge in [-0.3, -0.25) is 14.4 Å². The zero-order valence-corrected chi connectivity index (χ0v) is 18.8. The van der Waals surface area contributed by atoms with Crippen LogP contribution >= 0.6 is 0 Å². The smallest absolute Gasteiger partial charge is 0.332 e. The zero-order chi connectivity index (χ0) is 25.0. The summed E-state index contributed by atoms with van der Waals surface area (Å²) in [6.45, 7) is -0.352. The molecule has 3 N–H and O–H groups in total. The molecule has 1 amide bonds. The fourth-order valence-corrected chi connectivity index (χ4v) is 2.39. The van der Waals surface area contributed by atoms with Gasteiger partial charge in [0.05, 0.1) is 58.5 Å². The number of carbonyl (C=O) groups is 4. The SMILES string of the molecule is O=C(O)CCOCC(COCCC(=O)O)NC(=O)COCCOCC(=O)OCc1ccccc1. The average Bonchev–Trinajstić information content (AvgIpc) is 2.80. The number of hydrogen-bond acceptors (Lipinski definition) is 9. The summed E-state index contributed by atoms with van der Waals surface area (Å²) in [7, 11) is 0. The van der Waals surface area contributed by atoms with Gasteiger partial charge >= 0.3 is 17.9 Å². The minimum Gasteiger partial charge on any atom is -0.481 e. The second kappa shape index (κ2) is 18.4. The minimum atomic E-state index is -1.02. The average molecular weight is 485 g/mol. The summed E-state index contributed by atoms with van der Waals surface area (Å²) in [6, 6.07) is 8.60. The Morgan fingerprint density at radius 2 is 1.32 bits per heavy atom. The molecule has 12 nitrogen and oxygen atoms in total. The van der Waals surface area contributed by atoms with E-state index in [9.17, 15) is 19.2 Å². The lowest BCUT2D eigenvalue weighted by molar-refractivity contribution is -0.151. The van der Waals surface area contributed by atoms with Gasteiger partial charge in [0.1, 0.15) is 19.8 Å². The van der Waals surface area contributed by atoms with E-state index in [-0.39, 0.29) is 72.3 Å². The number of carboxylic acid groups (broad SMARTS) is 2. The third kappa shape index (κ3) is 16.6. The number of aliphatic carboxylic acids is 2. The van der Waals surface area contributed by atoms with Gasteiger partial charge < -0.3 is 39.2 Å². The molecule has 0 unspecified atom stereocenters. The summed E-state index contributed by atoms with van der Waals surface area (Å²) in [5, 5.41) is 19.9. The van der Waals surface area contributed by atoms with Crippen LogP contribution < -0.4 is 5.32 Å². The standard InChI is InChI=1S/C22H31NO11/c24-19(23-18(13-30-8-6-20(25)26)14-31-9-7-21(27)28)15-32-10-11-33-16-22(29)34-12-17-4-2-1-3-5-17/h1-5,18H,6-16H2,(H,23,24)(H,25,26)(H,27,28). The maximum atomic E-state index is 12.0. The third-order valence-corrected chi connectivity index (χ3v) is 3.99. The second-order valence-electron chi connectivity index (χ2n) is 6.95.